The van der Waals surface area contributed by atoms with Crippen molar-refractivity contribution in [2.75, 3.05) is 0 Å². The van der Waals surface area contributed by atoms with Crippen molar-refractivity contribution in [1.82, 2.24) is 4.72 Å². The van der Waals surface area contributed by atoms with Gasteiger partial charge in [-0.1, -0.05) is 48.5 Å². The summed E-state index contributed by atoms with van der Waals surface area (Å²) in [6.45, 7) is 1.74. The Morgan fingerprint density at radius 3 is 2.26 bits per heavy atom. The Kier molecular flexibility index (Phi) is 4.20. The summed E-state index contributed by atoms with van der Waals surface area (Å²) in [5.41, 5.74) is 3.40. The zero-order valence-corrected chi connectivity index (χ0v) is 15.1. The Morgan fingerprint density at radius 1 is 0.889 bits per heavy atom. The van der Waals surface area contributed by atoms with Gasteiger partial charge in [-0.3, -0.25) is 0 Å². The molecule has 4 rings (SSSR count). The van der Waals surface area contributed by atoms with E-state index in [1.165, 1.54) is 6.07 Å². The first kappa shape index (κ1) is 17.6. The van der Waals surface area contributed by atoms with Crippen molar-refractivity contribution < 1.29 is 21.4 Å². The van der Waals surface area contributed by atoms with Gasteiger partial charge in [-0.2, -0.15) is 13.1 Å². The van der Waals surface area contributed by atoms with Gasteiger partial charge >= 0.3 is 10.3 Å². The third kappa shape index (κ3) is 3.31. The highest BCUT2D eigenvalue weighted by Crippen LogP contribution is 2.40. The molecule has 0 fully saturated rings. The summed E-state index contributed by atoms with van der Waals surface area (Å²) in [5.74, 6) is -1.51. The lowest BCUT2D eigenvalue weighted by Crippen LogP contribution is -2.35. The highest BCUT2D eigenvalue weighted by Gasteiger charge is 2.29. The van der Waals surface area contributed by atoms with Gasteiger partial charge in [-0.25, -0.2) is 8.78 Å². The summed E-state index contributed by atoms with van der Waals surface area (Å²) >= 11 is 0. The predicted molar refractivity (Wildman–Crippen MR) is 98.3 cm³/mol. The molecule has 0 saturated heterocycles. The van der Waals surface area contributed by atoms with Gasteiger partial charge in [0, 0.05) is 11.1 Å². The van der Waals surface area contributed by atoms with Crippen LogP contribution >= 0.6 is 0 Å². The van der Waals surface area contributed by atoms with Crippen molar-refractivity contribution in [2.24, 2.45) is 0 Å². The Balaban J connectivity index is 1.75. The number of hydrogen-bond donors (Lipinski definition) is 1. The molecule has 27 heavy (non-hydrogen) atoms. The summed E-state index contributed by atoms with van der Waals surface area (Å²) in [6, 6.07) is 15.8. The van der Waals surface area contributed by atoms with Gasteiger partial charge in [0.2, 0.25) is 0 Å². The van der Waals surface area contributed by atoms with Crippen LogP contribution in [0.4, 0.5) is 8.78 Å². The maximum atomic E-state index is 13.5. The van der Waals surface area contributed by atoms with E-state index in [1.54, 1.807) is 43.3 Å². The Morgan fingerprint density at radius 2 is 1.56 bits per heavy atom. The normalized spacial score (nSPS) is 17.8. The highest BCUT2D eigenvalue weighted by atomic mass is 32.2. The second kappa shape index (κ2) is 6.44. The lowest BCUT2D eigenvalue weighted by molar-refractivity contribution is 0.437. The van der Waals surface area contributed by atoms with Gasteiger partial charge in [-0.05, 0) is 35.7 Å². The number of benzene rings is 3. The van der Waals surface area contributed by atoms with E-state index in [1.807, 2.05) is 6.07 Å². The quantitative estimate of drug-likeness (QED) is 0.700. The van der Waals surface area contributed by atoms with E-state index in [2.05, 4.69) is 4.72 Å². The van der Waals surface area contributed by atoms with Crippen molar-refractivity contribution in [3.63, 3.8) is 0 Å². The smallest absolute Gasteiger partial charge is 0.370 e. The first-order valence-electron chi connectivity index (χ1n) is 8.24. The van der Waals surface area contributed by atoms with Crippen LogP contribution in [0.5, 0.6) is 5.75 Å². The van der Waals surface area contributed by atoms with Crippen LogP contribution in [-0.2, 0) is 10.3 Å². The molecule has 1 N–H and O–H groups in total. The van der Waals surface area contributed by atoms with Gasteiger partial charge in [0.25, 0.3) is 0 Å². The van der Waals surface area contributed by atoms with Crippen molar-refractivity contribution in [2.45, 2.75) is 13.0 Å². The average molecular weight is 387 g/mol. The maximum Gasteiger partial charge on any atom is 0.383 e. The lowest BCUT2D eigenvalue weighted by Gasteiger charge is -2.25. The molecule has 3 aromatic rings. The number of rotatable bonds is 2. The molecule has 0 aliphatic carbocycles. The Hall–Kier alpha value is -2.77. The van der Waals surface area contributed by atoms with Gasteiger partial charge in [-0.15, -0.1) is 0 Å². The SMILES string of the molecule is CC1NS(=O)(=O)Oc2c(-c3ccc(-c4ccc(F)c(F)c4)cc3)cccc21. The molecule has 0 bridgehead atoms. The number of nitrogens with one attached hydrogen (secondary N) is 1. The number of para-hydroxylation sites is 1. The Bertz CT molecular complexity index is 1130. The topological polar surface area (TPSA) is 55.4 Å². The molecule has 4 nitrogen and oxygen atoms in total. The summed E-state index contributed by atoms with van der Waals surface area (Å²) in [5, 5.41) is 0. The van der Waals surface area contributed by atoms with Crippen LogP contribution in [0.15, 0.2) is 60.7 Å². The fourth-order valence-corrected chi connectivity index (χ4v) is 4.16. The molecular weight excluding hydrogens is 372 g/mol. The molecule has 7 heteroatoms. The van der Waals surface area contributed by atoms with Gasteiger partial charge < -0.3 is 4.18 Å². The molecule has 0 saturated carbocycles. The minimum atomic E-state index is -3.86. The van der Waals surface area contributed by atoms with Crippen LogP contribution in [0.3, 0.4) is 0 Å². The lowest BCUT2D eigenvalue weighted by atomic mass is 9.96. The fraction of sp³-hybridized carbons (Fsp3) is 0.100. The summed E-state index contributed by atoms with van der Waals surface area (Å²) < 4.78 is 58.0. The van der Waals surface area contributed by atoms with Crippen molar-refractivity contribution in [1.29, 1.82) is 0 Å². The van der Waals surface area contributed by atoms with Crippen LogP contribution in [-0.4, -0.2) is 8.42 Å². The largest absolute Gasteiger partial charge is 0.383 e. The third-order valence-corrected chi connectivity index (χ3v) is 5.50. The van der Waals surface area contributed by atoms with E-state index < -0.39 is 28.0 Å². The molecule has 0 spiro atoms. The average Bonchev–Trinajstić information content (AvgIpc) is 2.63. The van der Waals surface area contributed by atoms with Gasteiger partial charge in [0.1, 0.15) is 0 Å². The van der Waals surface area contributed by atoms with Gasteiger partial charge in [0.15, 0.2) is 17.4 Å². The second-order valence-corrected chi connectivity index (χ2v) is 7.62. The van der Waals surface area contributed by atoms with E-state index in [-0.39, 0.29) is 0 Å². The molecular formula is C20H15F2NO3S. The standard InChI is InChI=1S/C20H15F2NO3S/c1-12-16-3-2-4-17(20(16)26-27(24,25)23-12)14-7-5-13(6-8-14)15-9-10-18(21)19(22)11-15/h2-12,23H,1H3. The van der Waals surface area contributed by atoms with E-state index >= 15 is 0 Å². The molecule has 3 aromatic carbocycles. The van der Waals surface area contributed by atoms with E-state index in [4.69, 9.17) is 4.18 Å². The zero-order chi connectivity index (χ0) is 19.2. The summed E-state index contributed by atoms with van der Waals surface area (Å²) in [6.07, 6.45) is 0. The molecule has 1 unspecified atom stereocenters. The van der Waals surface area contributed by atoms with Crippen molar-refractivity contribution in [3.8, 4) is 28.0 Å². The number of fused-ring (bicyclic) bond motifs is 1. The summed E-state index contributed by atoms with van der Waals surface area (Å²) in [7, 11) is -3.86. The number of halogens is 2. The number of hydrogen-bond acceptors (Lipinski definition) is 3. The second-order valence-electron chi connectivity index (χ2n) is 6.31. The van der Waals surface area contributed by atoms with Crippen molar-refractivity contribution in [3.05, 3.63) is 77.9 Å². The summed E-state index contributed by atoms with van der Waals surface area (Å²) in [4.78, 5) is 0. The molecule has 0 amide bonds. The predicted octanol–water partition coefficient (Wildman–Crippen LogP) is 4.59. The molecule has 1 atom stereocenters. The monoisotopic (exact) mass is 387 g/mol. The van der Waals surface area contributed by atoms with E-state index in [9.17, 15) is 17.2 Å². The van der Waals surface area contributed by atoms with Crippen LogP contribution in [0, 0.1) is 11.6 Å². The van der Waals surface area contributed by atoms with Crippen LogP contribution in [0.2, 0.25) is 0 Å². The van der Waals surface area contributed by atoms with E-state index in [0.717, 1.165) is 23.3 Å². The Labute approximate surface area is 155 Å². The van der Waals surface area contributed by atoms with Crippen molar-refractivity contribution >= 4 is 10.3 Å². The van der Waals surface area contributed by atoms with Crippen LogP contribution < -0.4 is 8.91 Å². The molecule has 1 aliphatic heterocycles. The molecule has 0 radical (unpaired) electrons. The zero-order valence-electron chi connectivity index (χ0n) is 14.2. The molecule has 138 valence electrons. The van der Waals surface area contributed by atoms with Crippen LogP contribution in [0.25, 0.3) is 22.3 Å². The van der Waals surface area contributed by atoms with Gasteiger partial charge in [0.05, 0.1) is 6.04 Å². The minimum Gasteiger partial charge on any atom is -0.370 e. The van der Waals surface area contributed by atoms with E-state index in [0.29, 0.717) is 22.4 Å². The van der Waals surface area contributed by atoms with Crippen LogP contribution in [0.1, 0.15) is 18.5 Å². The molecule has 0 aromatic heterocycles. The molecule has 1 heterocycles. The third-order valence-electron chi connectivity index (χ3n) is 4.47. The first-order valence-corrected chi connectivity index (χ1v) is 9.65. The minimum absolute atomic E-state index is 0.296. The first-order chi connectivity index (χ1) is 12.8. The fourth-order valence-electron chi connectivity index (χ4n) is 3.15. The highest BCUT2D eigenvalue weighted by molar-refractivity contribution is 7.85. The molecule has 1 aliphatic rings. The maximum absolute atomic E-state index is 13.5.